The van der Waals surface area contributed by atoms with Crippen molar-refractivity contribution < 1.29 is 39.8 Å². The molecule has 1 saturated heterocycles. The molecule has 1 amide bonds. The summed E-state index contributed by atoms with van der Waals surface area (Å²) in [6, 6.07) is -0.719. The lowest BCUT2D eigenvalue weighted by Gasteiger charge is -2.40. The molecule has 0 spiro atoms. The first-order valence-electron chi connectivity index (χ1n) is 33.3. The van der Waals surface area contributed by atoms with Crippen molar-refractivity contribution in [3.05, 3.63) is 48.6 Å². The Kier molecular flexibility index (Phi) is 54.5. The minimum absolute atomic E-state index is 0.134. The molecule has 7 unspecified atom stereocenters. The van der Waals surface area contributed by atoms with Gasteiger partial charge in [0, 0.05) is 6.42 Å². The standard InChI is InChI=1S/C68H127NO8/c1-3-5-7-9-11-13-15-17-19-21-23-25-26-27-28-29-30-31-32-33-34-35-36-38-40-42-44-46-48-50-52-54-56-58-64(72)69-61(60-76-68-67(75)66(74)65(73)63(59-70)77-68)62(71)57-55-53-51-49-47-45-43-41-39-37-24-22-20-18-16-14-12-10-8-6-4-2/h5,7,11,13,17,19,23,25,61-63,65-68,70-71,73-75H,3-4,6,8-10,12,14-16,18,20-22,24,26-60H2,1-2H3,(H,69,72)/b7-5-,13-11-,19-17-,25-23-. The van der Waals surface area contributed by atoms with Crippen molar-refractivity contribution in [2.24, 2.45) is 0 Å². The zero-order chi connectivity index (χ0) is 55.8. The fraction of sp³-hybridized carbons (Fsp3) is 0.868. The Balaban J connectivity index is 2.10. The second-order valence-corrected chi connectivity index (χ2v) is 23.2. The van der Waals surface area contributed by atoms with Crippen LogP contribution in [0.5, 0.6) is 0 Å². The molecule has 0 aliphatic carbocycles. The summed E-state index contributed by atoms with van der Waals surface area (Å²) in [5.74, 6) is -0.138. The van der Waals surface area contributed by atoms with E-state index in [1.807, 2.05) is 0 Å². The summed E-state index contributed by atoms with van der Waals surface area (Å²) in [5.41, 5.74) is 0. The Hall–Kier alpha value is -1.85. The third-order valence-electron chi connectivity index (χ3n) is 15.9. The van der Waals surface area contributed by atoms with Gasteiger partial charge in [0.05, 0.1) is 25.4 Å². The number of amides is 1. The Morgan fingerprint density at radius 1 is 0.455 bits per heavy atom. The molecule has 1 aliphatic heterocycles. The number of hydrogen-bond donors (Lipinski definition) is 6. The Bertz CT molecular complexity index is 1350. The van der Waals surface area contributed by atoms with Crippen LogP contribution in [0.2, 0.25) is 0 Å². The minimum Gasteiger partial charge on any atom is -0.394 e. The van der Waals surface area contributed by atoms with Gasteiger partial charge in [-0.3, -0.25) is 4.79 Å². The van der Waals surface area contributed by atoms with Crippen LogP contribution in [0.4, 0.5) is 0 Å². The first kappa shape index (κ1) is 73.2. The third-order valence-corrected chi connectivity index (χ3v) is 15.9. The number of unbranched alkanes of at least 4 members (excludes halogenated alkanes) is 40. The molecule has 7 atom stereocenters. The topological polar surface area (TPSA) is 149 Å². The number of hydrogen-bond acceptors (Lipinski definition) is 8. The molecular formula is C68H127NO8. The van der Waals surface area contributed by atoms with Crippen LogP contribution < -0.4 is 5.32 Å². The second-order valence-electron chi connectivity index (χ2n) is 23.2. The zero-order valence-corrected chi connectivity index (χ0v) is 50.5. The first-order chi connectivity index (χ1) is 37.8. The summed E-state index contributed by atoms with van der Waals surface area (Å²) in [6.45, 7) is 3.77. The van der Waals surface area contributed by atoms with Crippen LogP contribution in [0.15, 0.2) is 48.6 Å². The Morgan fingerprint density at radius 2 is 0.805 bits per heavy atom. The molecule has 9 nitrogen and oxygen atoms in total. The van der Waals surface area contributed by atoms with E-state index < -0.39 is 49.5 Å². The van der Waals surface area contributed by atoms with Gasteiger partial charge in [-0.1, -0.05) is 313 Å². The number of allylic oxidation sites excluding steroid dienone is 8. The quantitative estimate of drug-likeness (QED) is 0.0261. The van der Waals surface area contributed by atoms with Gasteiger partial charge in [-0.2, -0.15) is 0 Å². The summed E-state index contributed by atoms with van der Waals surface area (Å²) >= 11 is 0. The summed E-state index contributed by atoms with van der Waals surface area (Å²) in [6.07, 6.45) is 70.2. The molecule has 0 saturated carbocycles. The highest BCUT2D eigenvalue weighted by atomic mass is 16.7. The molecule has 77 heavy (non-hydrogen) atoms. The van der Waals surface area contributed by atoms with Gasteiger partial charge in [0.1, 0.15) is 24.4 Å². The predicted molar refractivity (Wildman–Crippen MR) is 327 cm³/mol. The number of nitrogens with one attached hydrogen (secondary N) is 1. The maximum atomic E-state index is 13.1. The van der Waals surface area contributed by atoms with E-state index in [2.05, 4.69) is 67.8 Å². The maximum Gasteiger partial charge on any atom is 0.220 e. The molecule has 452 valence electrons. The summed E-state index contributed by atoms with van der Waals surface area (Å²) in [4.78, 5) is 13.1. The van der Waals surface area contributed by atoms with Crippen LogP contribution in [0.1, 0.15) is 322 Å². The van der Waals surface area contributed by atoms with Gasteiger partial charge in [-0.05, 0) is 51.4 Å². The maximum absolute atomic E-state index is 13.1. The fourth-order valence-electron chi connectivity index (χ4n) is 10.7. The van der Waals surface area contributed by atoms with Gasteiger partial charge >= 0.3 is 0 Å². The van der Waals surface area contributed by atoms with Crippen LogP contribution in [0.25, 0.3) is 0 Å². The van der Waals surface area contributed by atoms with E-state index in [0.717, 1.165) is 64.2 Å². The lowest BCUT2D eigenvalue weighted by atomic mass is 9.99. The molecule has 0 aromatic rings. The van der Waals surface area contributed by atoms with E-state index in [1.54, 1.807) is 0 Å². The van der Waals surface area contributed by atoms with Gasteiger partial charge in [0.15, 0.2) is 6.29 Å². The average Bonchev–Trinajstić information content (AvgIpc) is 3.43. The molecular weight excluding hydrogens is 959 g/mol. The van der Waals surface area contributed by atoms with E-state index in [1.165, 1.54) is 231 Å². The second kappa shape index (κ2) is 57.4. The molecule has 1 rings (SSSR count). The highest BCUT2D eigenvalue weighted by Crippen LogP contribution is 2.24. The van der Waals surface area contributed by atoms with Crippen LogP contribution in [0, 0.1) is 0 Å². The van der Waals surface area contributed by atoms with E-state index in [0.29, 0.717) is 12.8 Å². The molecule has 1 heterocycles. The first-order valence-corrected chi connectivity index (χ1v) is 33.3. The van der Waals surface area contributed by atoms with Crippen LogP contribution >= 0.6 is 0 Å². The van der Waals surface area contributed by atoms with Gasteiger partial charge in [0.25, 0.3) is 0 Å². The molecule has 0 radical (unpaired) electrons. The molecule has 0 aromatic heterocycles. The van der Waals surface area contributed by atoms with Gasteiger partial charge in [-0.15, -0.1) is 0 Å². The van der Waals surface area contributed by atoms with Crippen molar-refractivity contribution >= 4 is 5.91 Å². The number of carbonyl (C=O) groups excluding carboxylic acids is 1. The SMILES string of the molecule is CC/C=C\C/C=C\C/C=C\C/C=C\CCCCCCCCCCCCCCCCCCCCCCC(=O)NC(COC1OC(CO)C(O)C(O)C1O)C(O)CCCCCCCCCCCCCCCCCCCCCCC. The van der Waals surface area contributed by atoms with Crippen molar-refractivity contribution in [2.75, 3.05) is 13.2 Å². The summed E-state index contributed by atoms with van der Waals surface area (Å²) < 4.78 is 11.4. The highest BCUT2D eigenvalue weighted by molar-refractivity contribution is 5.76. The predicted octanol–water partition coefficient (Wildman–Crippen LogP) is 17.6. The summed E-state index contributed by atoms with van der Waals surface area (Å²) in [7, 11) is 0. The molecule has 1 fully saturated rings. The van der Waals surface area contributed by atoms with Gasteiger partial charge in [0.2, 0.25) is 5.91 Å². The summed E-state index contributed by atoms with van der Waals surface area (Å²) in [5, 5.41) is 54.9. The van der Waals surface area contributed by atoms with E-state index in [4.69, 9.17) is 9.47 Å². The molecule has 1 aliphatic rings. The smallest absolute Gasteiger partial charge is 0.220 e. The van der Waals surface area contributed by atoms with Crippen LogP contribution in [-0.2, 0) is 14.3 Å². The number of aliphatic hydroxyl groups is 5. The van der Waals surface area contributed by atoms with E-state index in [-0.39, 0.29) is 12.5 Å². The molecule has 0 aromatic carbocycles. The molecule has 0 bridgehead atoms. The van der Waals surface area contributed by atoms with Crippen molar-refractivity contribution in [1.29, 1.82) is 0 Å². The van der Waals surface area contributed by atoms with Crippen LogP contribution in [0.3, 0.4) is 0 Å². The van der Waals surface area contributed by atoms with Crippen LogP contribution in [-0.4, -0.2) is 87.5 Å². The van der Waals surface area contributed by atoms with Gasteiger partial charge < -0.3 is 40.3 Å². The van der Waals surface area contributed by atoms with Gasteiger partial charge in [-0.25, -0.2) is 0 Å². The monoisotopic (exact) mass is 1090 g/mol. The zero-order valence-electron chi connectivity index (χ0n) is 50.5. The number of carbonyl (C=O) groups is 1. The van der Waals surface area contributed by atoms with Crippen molar-refractivity contribution in [3.8, 4) is 0 Å². The van der Waals surface area contributed by atoms with Crippen molar-refractivity contribution in [1.82, 2.24) is 5.32 Å². The lowest BCUT2D eigenvalue weighted by Crippen LogP contribution is -2.60. The highest BCUT2D eigenvalue weighted by Gasteiger charge is 2.44. The number of ether oxygens (including phenoxy) is 2. The number of rotatable bonds is 58. The molecule has 9 heteroatoms. The fourth-order valence-corrected chi connectivity index (χ4v) is 10.7. The van der Waals surface area contributed by atoms with Crippen molar-refractivity contribution in [2.45, 2.75) is 365 Å². The normalized spacial score (nSPS) is 19.0. The Labute approximate surface area is 475 Å². The number of aliphatic hydroxyl groups excluding tert-OH is 5. The van der Waals surface area contributed by atoms with E-state index in [9.17, 15) is 30.3 Å². The lowest BCUT2D eigenvalue weighted by molar-refractivity contribution is -0.302. The van der Waals surface area contributed by atoms with Crippen molar-refractivity contribution in [3.63, 3.8) is 0 Å². The van der Waals surface area contributed by atoms with E-state index >= 15 is 0 Å². The average molecular weight is 1090 g/mol. The Morgan fingerprint density at radius 3 is 1.19 bits per heavy atom. The third kappa shape index (κ3) is 46.5. The largest absolute Gasteiger partial charge is 0.394 e. The molecule has 6 N–H and O–H groups in total. The minimum atomic E-state index is -1.55.